The molecule has 4 N–H and O–H groups in total. The first kappa shape index (κ1) is 17.8. The van der Waals surface area contributed by atoms with Crippen LogP contribution in [0.1, 0.15) is 44.1 Å². The van der Waals surface area contributed by atoms with Crippen molar-refractivity contribution in [2.45, 2.75) is 51.0 Å². The number of nitrogens with two attached hydrogens (primary N) is 1. The molecule has 2 atom stereocenters. The maximum Gasteiger partial charge on any atom is 0.224 e. The van der Waals surface area contributed by atoms with Gasteiger partial charge in [-0.15, -0.1) is 12.4 Å². The monoisotopic (exact) mass is 337 g/mol. The standard InChI is InChI=1S/C17H23N3O2.ClH/c18-14-5-1-3-11(14)10-17(22)19-13-7-8-15-12(9-13)4-2-6-16(21)20-15;/h7-9,11,14H,1-6,10,18H2,(H,19,22)(H,20,21);1H/t11-,14+;/m0./s1. The van der Waals surface area contributed by atoms with E-state index in [4.69, 9.17) is 5.73 Å². The molecule has 23 heavy (non-hydrogen) atoms. The number of hydrogen-bond donors (Lipinski definition) is 3. The van der Waals surface area contributed by atoms with Gasteiger partial charge >= 0.3 is 0 Å². The van der Waals surface area contributed by atoms with Gasteiger partial charge in [-0.1, -0.05) is 6.42 Å². The van der Waals surface area contributed by atoms with Gasteiger partial charge < -0.3 is 16.4 Å². The van der Waals surface area contributed by atoms with Crippen LogP contribution in [0.25, 0.3) is 0 Å². The molecule has 5 nitrogen and oxygen atoms in total. The van der Waals surface area contributed by atoms with E-state index < -0.39 is 0 Å². The number of aryl methyl sites for hydroxylation is 1. The Morgan fingerprint density at radius 3 is 2.83 bits per heavy atom. The van der Waals surface area contributed by atoms with E-state index in [1.54, 1.807) is 0 Å². The highest BCUT2D eigenvalue weighted by atomic mass is 35.5. The van der Waals surface area contributed by atoms with Crippen molar-refractivity contribution in [2.24, 2.45) is 11.7 Å². The molecule has 0 radical (unpaired) electrons. The fourth-order valence-electron chi connectivity index (χ4n) is 3.42. The molecule has 1 aliphatic heterocycles. The minimum atomic E-state index is 0. The molecule has 0 aromatic heterocycles. The Morgan fingerprint density at radius 2 is 2.09 bits per heavy atom. The quantitative estimate of drug-likeness (QED) is 0.793. The first-order chi connectivity index (χ1) is 10.6. The summed E-state index contributed by atoms with van der Waals surface area (Å²) in [5, 5.41) is 5.86. The normalized spacial score (nSPS) is 23.3. The van der Waals surface area contributed by atoms with Crippen LogP contribution in [0.5, 0.6) is 0 Å². The number of carbonyl (C=O) groups is 2. The van der Waals surface area contributed by atoms with Crippen molar-refractivity contribution < 1.29 is 9.59 Å². The second kappa shape index (κ2) is 7.79. The second-order valence-corrected chi connectivity index (χ2v) is 6.38. The van der Waals surface area contributed by atoms with Crippen molar-refractivity contribution in [3.05, 3.63) is 23.8 Å². The predicted molar refractivity (Wildman–Crippen MR) is 93.8 cm³/mol. The van der Waals surface area contributed by atoms with Crippen molar-refractivity contribution in [1.82, 2.24) is 0 Å². The van der Waals surface area contributed by atoms with Gasteiger partial charge in [-0.2, -0.15) is 0 Å². The summed E-state index contributed by atoms with van der Waals surface area (Å²) in [6.45, 7) is 0. The molecule has 1 saturated carbocycles. The molecule has 6 heteroatoms. The largest absolute Gasteiger partial charge is 0.327 e. The number of nitrogens with one attached hydrogen (secondary N) is 2. The minimum Gasteiger partial charge on any atom is -0.327 e. The lowest BCUT2D eigenvalue weighted by atomic mass is 10.00. The number of fused-ring (bicyclic) bond motifs is 1. The van der Waals surface area contributed by atoms with Crippen LogP contribution in [0.3, 0.4) is 0 Å². The molecule has 0 unspecified atom stereocenters. The van der Waals surface area contributed by atoms with Gasteiger partial charge in [0.05, 0.1) is 0 Å². The molecule has 0 bridgehead atoms. The number of halogens is 1. The van der Waals surface area contributed by atoms with Gasteiger partial charge in [0.1, 0.15) is 0 Å². The Morgan fingerprint density at radius 1 is 1.26 bits per heavy atom. The zero-order valence-corrected chi connectivity index (χ0v) is 14.0. The van der Waals surface area contributed by atoms with Crippen LogP contribution in [-0.2, 0) is 16.0 Å². The highest BCUT2D eigenvalue weighted by Crippen LogP contribution is 2.28. The van der Waals surface area contributed by atoms with Crippen molar-refractivity contribution >= 4 is 35.6 Å². The number of rotatable bonds is 3. The maximum absolute atomic E-state index is 12.2. The number of carbonyl (C=O) groups excluding carboxylic acids is 2. The Balaban J connectivity index is 0.00000192. The Labute approximate surface area is 142 Å². The van der Waals surface area contributed by atoms with Gasteiger partial charge in [-0.3, -0.25) is 9.59 Å². The van der Waals surface area contributed by atoms with E-state index in [0.717, 1.165) is 49.0 Å². The zero-order chi connectivity index (χ0) is 15.5. The van der Waals surface area contributed by atoms with Crippen LogP contribution in [0, 0.1) is 5.92 Å². The van der Waals surface area contributed by atoms with Gasteiger partial charge in [-0.25, -0.2) is 0 Å². The number of benzene rings is 1. The first-order valence-electron chi connectivity index (χ1n) is 8.10. The number of hydrogen-bond acceptors (Lipinski definition) is 3. The average Bonchev–Trinajstić information content (AvgIpc) is 2.77. The molecule has 1 aliphatic carbocycles. The van der Waals surface area contributed by atoms with E-state index in [-0.39, 0.29) is 30.3 Å². The maximum atomic E-state index is 12.2. The van der Waals surface area contributed by atoms with Crippen molar-refractivity contribution in [3.63, 3.8) is 0 Å². The summed E-state index contributed by atoms with van der Waals surface area (Å²) in [5.41, 5.74) is 8.76. The molecule has 126 valence electrons. The summed E-state index contributed by atoms with van der Waals surface area (Å²) in [4.78, 5) is 23.7. The topological polar surface area (TPSA) is 84.2 Å². The molecule has 1 heterocycles. The van der Waals surface area contributed by atoms with Crippen molar-refractivity contribution in [3.8, 4) is 0 Å². The van der Waals surface area contributed by atoms with Crippen LogP contribution in [0.2, 0.25) is 0 Å². The fraction of sp³-hybridized carbons (Fsp3) is 0.529. The summed E-state index contributed by atoms with van der Waals surface area (Å²) >= 11 is 0. The Bertz CT molecular complexity index is 591. The van der Waals surface area contributed by atoms with E-state index in [2.05, 4.69) is 10.6 Å². The van der Waals surface area contributed by atoms with E-state index in [1.165, 1.54) is 0 Å². The molecule has 2 aliphatic rings. The molecular weight excluding hydrogens is 314 g/mol. The first-order valence-corrected chi connectivity index (χ1v) is 8.10. The van der Waals surface area contributed by atoms with Crippen LogP contribution < -0.4 is 16.4 Å². The highest BCUT2D eigenvalue weighted by Gasteiger charge is 2.26. The van der Waals surface area contributed by atoms with E-state index in [0.29, 0.717) is 18.8 Å². The van der Waals surface area contributed by atoms with Crippen LogP contribution in [0.4, 0.5) is 11.4 Å². The summed E-state index contributed by atoms with van der Waals surface area (Å²) in [5.74, 6) is 0.394. The van der Waals surface area contributed by atoms with E-state index in [1.807, 2.05) is 18.2 Å². The van der Waals surface area contributed by atoms with Gasteiger partial charge in [0.25, 0.3) is 0 Å². The molecule has 1 fully saturated rings. The lowest BCUT2D eigenvalue weighted by Crippen LogP contribution is -2.28. The number of amides is 2. The Hall–Kier alpha value is -1.59. The highest BCUT2D eigenvalue weighted by molar-refractivity contribution is 5.94. The molecule has 3 rings (SSSR count). The van der Waals surface area contributed by atoms with Crippen LogP contribution in [-0.4, -0.2) is 17.9 Å². The fourth-order valence-corrected chi connectivity index (χ4v) is 3.42. The van der Waals surface area contributed by atoms with Crippen molar-refractivity contribution in [1.29, 1.82) is 0 Å². The lowest BCUT2D eigenvalue weighted by Gasteiger charge is -2.15. The predicted octanol–water partition coefficient (Wildman–Crippen LogP) is 2.84. The molecule has 2 amide bonds. The third-order valence-corrected chi connectivity index (χ3v) is 4.68. The average molecular weight is 338 g/mol. The SMILES string of the molecule is Cl.N[C@@H]1CCC[C@H]1CC(=O)Nc1ccc2c(c1)CCCC(=O)N2. The zero-order valence-electron chi connectivity index (χ0n) is 13.1. The minimum absolute atomic E-state index is 0. The van der Waals surface area contributed by atoms with E-state index >= 15 is 0 Å². The molecule has 1 aromatic carbocycles. The van der Waals surface area contributed by atoms with Gasteiger partial charge in [0.15, 0.2) is 0 Å². The van der Waals surface area contributed by atoms with Gasteiger partial charge in [0, 0.05) is 30.3 Å². The Kier molecular flexibility index (Phi) is 6.02. The number of anilines is 2. The second-order valence-electron chi connectivity index (χ2n) is 6.38. The lowest BCUT2D eigenvalue weighted by molar-refractivity contribution is -0.117. The molecule has 0 saturated heterocycles. The van der Waals surface area contributed by atoms with E-state index in [9.17, 15) is 9.59 Å². The van der Waals surface area contributed by atoms with Gasteiger partial charge in [-0.05, 0) is 55.4 Å². The van der Waals surface area contributed by atoms with Crippen molar-refractivity contribution in [2.75, 3.05) is 10.6 Å². The summed E-state index contributed by atoms with van der Waals surface area (Å²) in [6.07, 6.45) is 5.93. The summed E-state index contributed by atoms with van der Waals surface area (Å²) in [6, 6.07) is 5.84. The smallest absolute Gasteiger partial charge is 0.224 e. The van der Waals surface area contributed by atoms with Gasteiger partial charge in [0.2, 0.25) is 11.8 Å². The third kappa shape index (κ3) is 4.45. The van der Waals surface area contributed by atoms with Crippen LogP contribution >= 0.6 is 12.4 Å². The molecule has 1 aromatic rings. The molecular formula is C17H24ClN3O2. The molecule has 0 spiro atoms. The third-order valence-electron chi connectivity index (χ3n) is 4.68. The van der Waals surface area contributed by atoms with Crippen LogP contribution in [0.15, 0.2) is 18.2 Å². The summed E-state index contributed by atoms with van der Waals surface area (Å²) in [7, 11) is 0. The summed E-state index contributed by atoms with van der Waals surface area (Å²) < 4.78 is 0.